The highest BCUT2D eigenvalue weighted by Crippen LogP contribution is 2.32. The first-order valence-electron chi connectivity index (χ1n) is 8.17. The van der Waals surface area contributed by atoms with Crippen LogP contribution < -0.4 is 0 Å². The average Bonchev–Trinajstić information content (AvgIpc) is 2.49. The van der Waals surface area contributed by atoms with Crippen molar-refractivity contribution in [3.05, 3.63) is 35.9 Å². The lowest BCUT2D eigenvalue weighted by molar-refractivity contribution is 0.117. The van der Waals surface area contributed by atoms with Crippen LogP contribution in [0, 0.1) is 5.41 Å². The maximum atomic E-state index is 9.38. The van der Waals surface area contributed by atoms with Crippen molar-refractivity contribution in [2.45, 2.75) is 46.1 Å². The normalized spacial score (nSPS) is 12.0. The first-order chi connectivity index (χ1) is 10.2. The lowest BCUT2D eigenvalue weighted by Gasteiger charge is -2.37. The minimum absolute atomic E-state index is 0.216. The topological polar surface area (TPSA) is 23.5 Å². The van der Waals surface area contributed by atoms with Crippen molar-refractivity contribution in [2.75, 3.05) is 25.4 Å². The summed E-state index contributed by atoms with van der Waals surface area (Å²) in [6, 6.07) is 10.5. The van der Waals surface area contributed by atoms with E-state index in [1.165, 1.54) is 31.2 Å². The summed E-state index contributed by atoms with van der Waals surface area (Å²) < 4.78 is 0. The van der Waals surface area contributed by atoms with Gasteiger partial charge in [-0.05, 0) is 29.6 Å². The van der Waals surface area contributed by atoms with Crippen molar-refractivity contribution in [1.29, 1.82) is 0 Å². The molecule has 120 valence electrons. The van der Waals surface area contributed by atoms with Crippen molar-refractivity contribution in [3.8, 4) is 0 Å². The zero-order chi connectivity index (χ0) is 15.6. The Morgan fingerprint density at radius 2 is 1.71 bits per heavy atom. The molecule has 0 radical (unpaired) electrons. The van der Waals surface area contributed by atoms with Crippen LogP contribution in [0.4, 0.5) is 0 Å². The molecule has 0 atom stereocenters. The van der Waals surface area contributed by atoms with Crippen LogP contribution in [-0.4, -0.2) is 35.5 Å². The second-order valence-electron chi connectivity index (χ2n) is 6.08. The van der Waals surface area contributed by atoms with Crippen LogP contribution in [0.15, 0.2) is 30.3 Å². The predicted octanol–water partition coefficient (Wildman–Crippen LogP) is 4.00. The van der Waals surface area contributed by atoms with Gasteiger partial charge in [0.2, 0.25) is 0 Å². The first kappa shape index (κ1) is 18.5. The van der Waals surface area contributed by atoms with E-state index in [-0.39, 0.29) is 12.0 Å². The van der Waals surface area contributed by atoms with E-state index < -0.39 is 0 Å². The number of thiol groups is 1. The van der Waals surface area contributed by atoms with Crippen LogP contribution in [-0.2, 0) is 6.54 Å². The molecule has 0 saturated carbocycles. The van der Waals surface area contributed by atoms with Gasteiger partial charge in [-0.15, -0.1) is 0 Å². The summed E-state index contributed by atoms with van der Waals surface area (Å²) in [6.45, 7) is 7.38. The molecule has 0 aliphatic heterocycles. The Morgan fingerprint density at radius 1 is 1.10 bits per heavy atom. The fraction of sp³-hybridized carbons (Fsp3) is 0.667. The molecule has 0 heterocycles. The van der Waals surface area contributed by atoms with Gasteiger partial charge in [0.15, 0.2) is 0 Å². The van der Waals surface area contributed by atoms with Crippen LogP contribution in [0.25, 0.3) is 0 Å². The van der Waals surface area contributed by atoms with Crippen LogP contribution in [0.2, 0.25) is 0 Å². The highest BCUT2D eigenvalue weighted by atomic mass is 32.1. The molecular formula is C18H31NOS. The average molecular weight is 310 g/mol. The van der Waals surface area contributed by atoms with Gasteiger partial charge in [-0.1, -0.05) is 57.0 Å². The molecule has 3 heteroatoms. The molecule has 0 amide bonds. The van der Waals surface area contributed by atoms with Crippen LogP contribution in [0.5, 0.6) is 0 Å². The van der Waals surface area contributed by atoms with Crippen LogP contribution in [0.1, 0.15) is 45.1 Å². The Hall–Kier alpha value is -0.510. The largest absolute Gasteiger partial charge is 0.395 e. The molecule has 0 saturated heterocycles. The number of hydrogen-bond donors (Lipinski definition) is 2. The Kier molecular flexibility index (Phi) is 9.05. The molecule has 1 aromatic carbocycles. The summed E-state index contributed by atoms with van der Waals surface area (Å²) in [6.07, 6.45) is 4.81. The van der Waals surface area contributed by atoms with Crippen LogP contribution in [0.3, 0.4) is 0 Å². The van der Waals surface area contributed by atoms with E-state index in [0.717, 1.165) is 25.4 Å². The Balaban J connectivity index is 2.77. The van der Waals surface area contributed by atoms with Crippen molar-refractivity contribution in [2.24, 2.45) is 5.41 Å². The Morgan fingerprint density at radius 3 is 2.19 bits per heavy atom. The third-order valence-corrected chi connectivity index (χ3v) is 4.79. The van der Waals surface area contributed by atoms with E-state index in [1.54, 1.807) is 0 Å². The Labute approximate surface area is 136 Å². The van der Waals surface area contributed by atoms with E-state index >= 15 is 0 Å². The quantitative estimate of drug-likeness (QED) is 0.604. The fourth-order valence-electron chi connectivity index (χ4n) is 3.22. The molecule has 2 nitrogen and oxygen atoms in total. The maximum Gasteiger partial charge on any atom is 0.0558 e. The molecule has 0 bridgehead atoms. The van der Waals surface area contributed by atoms with Gasteiger partial charge in [-0.3, -0.25) is 4.90 Å². The van der Waals surface area contributed by atoms with Gasteiger partial charge in [0, 0.05) is 19.6 Å². The van der Waals surface area contributed by atoms with E-state index in [9.17, 15) is 5.11 Å². The zero-order valence-corrected chi connectivity index (χ0v) is 14.5. The number of hydrogen-bond acceptors (Lipinski definition) is 3. The van der Waals surface area contributed by atoms with E-state index in [0.29, 0.717) is 0 Å². The van der Waals surface area contributed by atoms with Gasteiger partial charge in [0.05, 0.1) is 6.61 Å². The van der Waals surface area contributed by atoms with Crippen molar-refractivity contribution >= 4 is 12.6 Å². The van der Waals surface area contributed by atoms with Gasteiger partial charge in [-0.25, -0.2) is 0 Å². The Bertz CT molecular complexity index is 363. The molecule has 1 N–H and O–H groups in total. The molecule has 21 heavy (non-hydrogen) atoms. The molecular weight excluding hydrogens is 278 g/mol. The fourth-order valence-corrected chi connectivity index (χ4v) is 3.64. The minimum atomic E-state index is 0.216. The van der Waals surface area contributed by atoms with Gasteiger partial charge in [-0.2, -0.15) is 12.6 Å². The third kappa shape index (κ3) is 6.41. The highest BCUT2D eigenvalue weighted by molar-refractivity contribution is 7.80. The maximum absolute atomic E-state index is 9.38. The van der Waals surface area contributed by atoms with Gasteiger partial charge < -0.3 is 5.11 Å². The molecule has 1 aromatic rings. The second kappa shape index (κ2) is 10.3. The number of aliphatic hydroxyl groups excluding tert-OH is 1. The summed E-state index contributed by atoms with van der Waals surface area (Å²) in [5.74, 6) is 0.922. The standard InChI is InChI=1S/C18H31NOS/c1-3-10-18(16-21,11-4-2)15-19(12-13-20)14-17-8-6-5-7-9-17/h5-9,20-21H,3-4,10-16H2,1-2H3. The zero-order valence-electron chi connectivity index (χ0n) is 13.6. The summed E-state index contributed by atoms with van der Waals surface area (Å²) in [7, 11) is 0. The SMILES string of the molecule is CCCC(CS)(CCC)CN(CCO)Cc1ccccc1. The minimum Gasteiger partial charge on any atom is -0.395 e. The molecule has 1 rings (SSSR count). The number of aliphatic hydroxyl groups is 1. The van der Waals surface area contributed by atoms with E-state index in [2.05, 4.69) is 55.6 Å². The highest BCUT2D eigenvalue weighted by Gasteiger charge is 2.29. The lowest BCUT2D eigenvalue weighted by atomic mass is 9.80. The summed E-state index contributed by atoms with van der Waals surface area (Å²) in [5, 5.41) is 9.38. The van der Waals surface area contributed by atoms with Crippen molar-refractivity contribution < 1.29 is 5.11 Å². The van der Waals surface area contributed by atoms with Crippen molar-refractivity contribution in [1.82, 2.24) is 4.90 Å². The van der Waals surface area contributed by atoms with Gasteiger partial charge in [0.1, 0.15) is 0 Å². The number of benzene rings is 1. The smallest absolute Gasteiger partial charge is 0.0558 e. The second-order valence-corrected chi connectivity index (χ2v) is 6.39. The monoisotopic (exact) mass is 309 g/mol. The summed E-state index contributed by atoms with van der Waals surface area (Å²) in [4.78, 5) is 2.39. The van der Waals surface area contributed by atoms with Crippen molar-refractivity contribution in [3.63, 3.8) is 0 Å². The summed E-state index contributed by atoms with van der Waals surface area (Å²) in [5.41, 5.74) is 1.59. The molecule has 0 spiro atoms. The van der Waals surface area contributed by atoms with E-state index in [4.69, 9.17) is 0 Å². The number of nitrogens with zero attached hydrogens (tertiary/aromatic N) is 1. The van der Waals surface area contributed by atoms with E-state index in [1.807, 2.05) is 6.07 Å². The third-order valence-electron chi connectivity index (χ3n) is 4.12. The molecule has 0 fully saturated rings. The molecule has 0 aromatic heterocycles. The van der Waals surface area contributed by atoms with Gasteiger partial charge >= 0.3 is 0 Å². The molecule has 0 unspecified atom stereocenters. The van der Waals surface area contributed by atoms with Crippen LogP contribution >= 0.6 is 12.6 Å². The number of rotatable bonds is 11. The summed E-state index contributed by atoms with van der Waals surface area (Å²) >= 11 is 4.65. The molecule has 0 aliphatic carbocycles. The molecule has 0 aliphatic rings. The van der Waals surface area contributed by atoms with Gasteiger partial charge in [0.25, 0.3) is 0 Å². The lowest BCUT2D eigenvalue weighted by Crippen LogP contribution is -2.40. The predicted molar refractivity (Wildman–Crippen MR) is 94.9 cm³/mol. The first-order valence-corrected chi connectivity index (χ1v) is 8.81.